The van der Waals surface area contributed by atoms with Crippen molar-refractivity contribution in [1.82, 2.24) is 4.72 Å². The van der Waals surface area contributed by atoms with Gasteiger partial charge >= 0.3 is 7.12 Å². The summed E-state index contributed by atoms with van der Waals surface area (Å²) < 4.78 is 39.8. The van der Waals surface area contributed by atoms with Gasteiger partial charge in [-0.3, -0.25) is 0 Å². The summed E-state index contributed by atoms with van der Waals surface area (Å²) in [5.74, 6) is 0. The lowest BCUT2D eigenvalue weighted by Crippen LogP contribution is -2.41. The van der Waals surface area contributed by atoms with E-state index in [0.29, 0.717) is 12.8 Å². The SMILES string of the molecule is CCC[C@H](CCO)NS(=O)(=O)c1ccc(B2OC(C)(C)C(C)(C)O2)cc1. The first-order valence-electron chi connectivity index (χ1n) is 9.11. The van der Waals surface area contributed by atoms with Crippen molar-refractivity contribution in [3.63, 3.8) is 0 Å². The predicted molar refractivity (Wildman–Crippen MR) is 103 cm³/mol. The van der Waals surface area contributed by atoms with E-state index in [1.54, 1.807) is 24.3 Å². The molecule has 0 radical (unpaired) electrons. The third-order valence-electron chi connectivity index (χ3n) is 5.15. The van der Waals surface area contributed by atoms with E-state index in [4.69, 9.17) is 14.4 Å². The molecule has 26 heavy (non-hydrogen) atoms. The fourth-order valence-electron chi connectivity index (χ4n) is 2.84. The van der Waals surface area contributed by atoms with Gasteiger partial charge in [0.25, 0.3) is 0 Å². The molecular formula is C18H30BNO5S. The van der Waals surface area contributed by atoms with Crippen LogP contribution in [0.5, 0.6) is 0 Å². The van der Waals surface area contributed by atoms with E-state index in [2.05, 4.69) is 4.72 Å². The second kappa shape index (κ2) is 7.98. The molecule has 0 saturated carbocycles. The van der Waals surface area contributed by atoms with Crippen LogP contribution in [0, 0.1) is 0 Å². The quantitative estimate of drug-likeness (QED) is 0.669. The molecule has 0 aliphatic carbocycles. The van der Waals surface area contributed by atoms with Crippen LogP contribution in [0.4, 0.5) is 0 Å². The summed E-state index contributed by atoms with van der Waals surface area (Å²) in [6, 6.07) is 6.29. The first-order valence-corrected chi connectivity index (χ1v) is 10.6. The average molecular weight is 383 g/mol. The van der Waals surface area contributed by atoms with Crippen LogP contribution in [0.15, 0.2) is 29.2 Å². The number of rotatable bonds is 8. The van der Waals surface area contributed by atoms with Gasteiger partial charge < -0.3 is 14.4 Å². The van der Waals surface area contributed by atoms with E-state index in [-0.39, 0.29) is 17.5 Å². The van der Waals surface area contributed by atoms with Gasteiger partial charge in [0.15, 0.2) is 0 Å². The largest absolute Gasteiger partial charge is 0.494 e. The van der Waals surface area contributed by atoms with Crippen molar-refractivity contribution in [1.29, 1.82) is 0 Å². The van der Waals surface area contributed by atoms with Crippen molar-refractivity contribution in [3.05, 3.63) is 24.3 Å². The molecule has 1 fully saturated rings. The van der Waals surface area contributed by atoms with E-state index in [1.807, 2.05) is 34.6 Å². The van der Waals surface area contributed by atoms with Crippen LogP contribution in [-0.4, -0.2) is 44.5 Å². The Kier molecular flexibility index (Phi) is 6.56. The highest BCUT2D eigenvalue weighted by Crippen LogP contribution is 2.36. The summed E-state index contributed by atoms with van der Waals surface area (Å²) in [6.07, 6.45) is 1.93. The molecule has 1 aromatic carbocycles. The number of hydrogen-bond acceptors (Lipinski definition) is 5. The molecular weight excluding hydrogens is 353 g/mol. The fourth-order valence-corrected chi connectivity index (χ4v) is 4.14. The Hall–Kier alpha value is -0.925. The average Bonchev–Trinajstić information content (AvgIpc) is 2.76. The molecule has 0 unspecified atom stereocenters. The van der Waals surface area contributed by atoms with Crippen LogP contribution in [0.1, 0.15) is 53.9 Å². The van der Waals surface area contributed by atoms with Gasteiger partial charge in [0.2, 0.25) is 10.0 Å². The van der Waals surface area contributed by atoms with Gasteiger partial charge in [-0.1, -0.05) is 25.5 Å². The molecule has 1 heterocycles. The fraction of sp³-hybridized carbons (Fsp3) is 0.667. The number of sulfonamides is 1. The lowest BCUT2D eigenvalue weighted by Gasteiger charge is -2.32. The molecule has 146 valence electrons. The Morgan fingerprint density at radius 3 is 2.08 bits per heavy atom. The molecule has 1 atom stereocenters. The summed E-state index contributed by atoms with van der Waals surface area (Å²) in [6.45, 7) is 9.84. The second-order valence-electron chi connectivity index (χ2n) is 7.78. The normalized spacial score (nSPS) is 20.3. The van der Waals surface area contributed by atoms with Crippen molar-refractivity contribution in [2.75, 3.05) is 6.61 Å². The molecule has 6 nitrogen and oxygen atoms in total. The molecule has 0 amide bonds. The topological polar surface area (TPSA) is 84.9 Å². The predicted octanol–water partition coefficient (Wildman–Crippen LogP) is 1.82. The number of nitrogens with one attached hydrogen (secondary N) is 1. The maximum absolute atomic E-state index is 12.6. The minimum atomic E-state index is -3.63. The first-order chi connectivity index (χ1) is 12.0. The van der Waals surface area contributed by atoms with Gasteiger partial charge in [0.1, 0.15) is 0 Å². The van der Waals surface area contributed by atoms with Gasteiger partial charge in [0.05, 0.1) is 16.1 Å². The first kappa shape index (κ1) is 21.4. The summed E-state index contributed by atoms with van der Waals surface area (Å²) in [4.78, 5) is 0.191. The Morgan fingerprint density at radius 1 is 1.08 bits per heavy atom. The lowest BCUT2D eigenvalue weighted by atomic mass is 9.79. The molecule has 8 heteroatoms. The van der Waals surface area contributed by atoms with E-state index in [0.717, 1.165) is 11.9 Å². The third-order valence-corrected chi connectivity index (χ3v) is 6.69. The highest BCUT2D eigenvalue weighted by Gasteiger charge is 2.51. The van der Waals surface area contributed by atoms with E-state index in [9.17, 15) is 8.42 Å². The van der Waals surface area contributed by atoms with E-state index >= 15 is 0 Å². The molecule has 1 aliphatic heterocycles. The zero-order chi connectivity index (χ0) is 19.6. The Labute approximate surface area is 157 Å². The second-order valence-corrected chi connectivity index (χ2v) is 9.49. The Bertz CT molecular complexity index is 681. The lowest BCUT2D eigenvalue weighted by molar-refractivity contribution is 0.00578. The highest BCUT2D eigenvalue weighted by atomic mass is 32.2. The van der Waals surface area contributed by atoms with Crippen molar-refractivity contribution >= 4 is 22.6 Å². The van der Waals surface area contributed by atoms with Crippen LogP contribution >= 0.6 is 0 Å². The number of hydrogen-bond donors (Lipinski definition) is 2. The monoisotopic (exact) mass is 383 g/mol. The maximum atomic E-state index is 12.6. The summed E-state index contributed by atoms with van der Waals surface area (Å²) >= 11 is 0. The van der Waals surface area contributed by atoms with Crippen LogP contribution in [-0.2, 0) is 19.3 Å². The van der Waals surface area contributed by atoms with Crippen molar-refractivity contribution in [2.45, 2.75) is 76.0 Å². The van der Waals surface area contributed by atoms with Crippen molar-refractivity contribution < 1.29 is 22.8 Å². The van der Waals surface area contributed by atoms with E-state index < -0.39 is 28.3 Å². The smallest absolute Gasteiger partial charge is 0.399 e. The van der Waals surface area contributed by atoms with Gasteiger partial charge in [-0.2, -0.15) is 0 Å². The molecule has 0 bridgehead atoms. The number of benzene rings is 1. The minimum Gasteiger partial charge on any atom is -0.399 e. The van der Waals surface area contributed by atoms with Crippen LogP contribution < -0.4 is 10.2 Å². The summed E-state index contributed by atoms with van der Waals surface area (Å²) in [7, 11) is -4.15. The summed E-state index contributed by atoms with van der Waals surface area (Å²) in [5.41, 5.74) is -0.105. The standard InChI is InChI=1S/C18H30BNO5S/c1-6-7-15(12-13-21)20-26(22,23)16-10-8-14(9-11-16)19-24-17(2,3)18(4,5)25-19/h8-11,15,20-21H,6-7,12-13H2,1-5H3/t15-/m1/s1. The van der Waals surface area contributed by atoms with Gasteiger partial charge in [0, 0.05) is 12.6 Å². The molecule has 1 aromatic rings. The maximum Gasteiger partial charge on any atom is 0.494 e. The zero-order valence-corrected chi connectivity index (χ0v) is 17.1. The molecule has 1 saturated heterocycles. The van der Waals surface area contributed by atoms with Crippen LogP contribution in [0.2, 0.25) is 0 Å². The van der Waals surface area contributed by atoms with E-state index in [1.165, 1.54) is 0 Å². The van der Waals surface area contributed by atoms with Gasteiger partial charge in [-0.15, -0.1) is 0 Å². The zero-order valence-electron chi connectivity index (χ0n) is 16.3. The van der Waals surface area contributed by atoms with Crippen LogP contribution in [0.25, 0.3) is 0 Å². The highest BCUT2D eigenvalue weighted by molar-refractivity contribution is 7.89. The van der Waals surface area contributed by atoms with Crippen molar-refractivity contribution in [2.24, 2.45) is 0 Å². The Balaban J connectivity index is 2.14. The third kappa shape index (κ3) is 4.67. The van der Waals surface area contributed by atoms with Gasteiger partial charge in [-0.05, 0) is 58.1 Å². The summed E-state index contributed by atoms with van der Waals surface area (Å²) in [5, 5.41) is 9.11. The van der Waals surface area contributed by atoms with Crippen LogP contribution in [0.3, 0.4) is 0 Å². The van der Waals surface area contributed by atoms with Gasteiger partial charge in [-0.25, -0.2) is 13.1 Å². The molecule has 1 aliphatic rings. The van der Waals surface area contributed by atoms with Crippen molar-refractivity contribution in [3.8, 4) is 0 Å². The minimum absolute atomic E-state index is 0.0476. The molecule has 2 N–H and O–H groups in total. The number of aliphatic hydroxyl groups is 1. The molecule has 0 aromatic heterocycles. The number of aliphatic hydroxyl groups excluding tert-OH is 1. The Morgan fingerprint density at radius 2 is 1.62 bits per heavy atom. The molecule has 0 spiro atoms. The molecule has 2 rings (SSSR count).